The van der Waals surface area contributed by atoms with E-state index in [4.69, 9.17) is 0 Å². The summed E-state index contributed by atoms with van der Waals surface area (Å²) in [5.41, 5.74) is -0.262. The minimum Gasteiger partial charge on any atom is -0.355 e. The zero-order valence-corrected chi connectivity index (χ0v) is 16.6. The van der Waals surface area contributed by atoms with Gasteiger partial charge in [-0.15, -0.1) is 0 Å². The van der Waals surface area contributed by atoms with Crippen LogP contribution >= 0.6 is 0 Å². The van der Waals surface area contributed by atoms with Gasteiger partial charge < -0.3 is 15.5 Å². The number of amides is 1. The van der Waals surface area contributed by atoms with Crippen molar-refractivity contribution in [3.63, 3.8) is 0 Å². The summed E-state index contributed by atoms with van der Waals surface area (Å²) >= 11 is 0. The molecule has 25 heavy (non-hydrogen) atoms. The third-order valence-electron chi connectivity index (χ3n) is 5.90. The number of hydrogen-bond acceptors (Lipinski definition) is 3. The van der Waals surface area contributed by atoms with Crippen LogP contribution in [-0.2, 0) is 4.79 Å². The summed E-state index contributed by atoms with van der Waals surface area (Å²) in [5, 5.41) is 6.92. The van der Waals surface area contributed by atoms with Crippen molar-refractivity contribution in [3.8, 4) is 0 Å². The second-order valence-corrected chi connectivity index (χ2v) is 7.77. The fraction of sp³-hybridized carbons (Fsp3) is 0.895. The van der Waals surface area contributed by atoms with Crippen LogP contribution in [-0.4, -0.2) is 75.0 Å². The minimum absolute atomic E-state index is 0.248. The molecule has 144 valence electrons. The van der Waals surface area contributed by atoms with Gasteiger partial charge in [-0.1, -0.05) is 26.2 Å². The van der Waals surface area contributed by atoms with Crippen LogP contribution in [0.1, 0.15) is 51.9 Å². The van der Waals surface area contributed by atoms with Gasteiger partial charge in [0.05, 0.1) is 5.41 Å². The average molecular weight is 352 g/mol. The Kier molecular flexibility index (Phi) is 7.54. The maximum absolute atomic E-state index is 12.7. The number of carbonyl (C=O) groups excluding carboxylic acids is 1. The summed E-state index contributed by atoms with van der Waals surface area (Å²) < 4.78 is 0. The van der Waals surface area contributed by atoms with Crippen molar-refractivity contribution in [1.29, 1.82) is 0 Å². The molecule has 2 fully saturated rings. The standard InChI is InChI=1S/C19H37N5O/c1-5-24-13-9-6-10-16(24)14-21-18(20-2)22-15-19(11-7-8-12-19)17(25)23(3)4/h16H,5-15H2,1-4H3,(H2,20,21,22). The molecule has 0 spiro atoms. The van der Waals surface area contributed by atoms with Gasteiger partial charge in [-0.2, -0.15) is 0 Å². The molecule has 0 aromatic carbocycles. The van der Waals surface area contributed by atoms with Crippen molar-refractivity contribution in [2.45, 2.75) is 57.9 Å². The second-order valence-electron chi connectivity index (χ2n) is 7.77. The summed E-state index contributed by atoms with van der Waals surface area (Å²) in [6, 6.07) is 0.584. The molecule has 1 aliphatic heterocycles. The van der Waals surface area contributed by atoms with Crippen molar-refractivity contribution in [2.24, 2.45) is 10.4 Å². The SMILES string of the molecule is CCN1CCCCC1CNC(=NC)NCC1(C(=O)N(C)C)CCCC1. The molecule has 1 amide bonds. The number of nitrogens with zero attached hydrogens (tertiary/aromatic N) is 3. The van der Waals surface area contributed by atoms with Crippen molar-refractivity contribution in [1.82, 2.24) is 20.4 Å². The van der Waals surface area contributed by atoms with Gasteiger partial charge in [0.2, 0.25) is 5.91 Å². The van der Waals surface area contributed by atoms with Crippen molar-refractivity contribution in [2.75, 3.05) is 47.3 Å². The number of likely N-dealkylation sites (tertiary alicyclic amines) is 1. The van der Waals surface area contributed by atoms with E-state index in [0.29, 0.717) is 12.6 Å². The van der Waals surface area contributed by atoms with E-state index in [1.807, 2.05) is 21.1 Å². The normalized spacial score (nSPS) is 24.2. The fourth-order valence-corrected chi connectivity index (χ4v) is 4.39. The lowest BCUT2D eigenvalue weighted by Gasteiger charge is -2.35. The smallest absolute Gasteiger partial charge is 0.230 e. The molecule has 2 aliphatic rings. The number of likely N-dealkylation sites (N-methyl/N-ethyl adjacent to an activating group) is 1. The number of guanidine groups is 1. The highest BCUT2D eigenvalue weighted by atomic mass is 16.2. The number of nitrogens with one attached hydrogen (secondary N) is 2. The lowest BCUT2D eigenvalue weighted by molar-refractivity contribution is -0.138. The average Bonchev–Trinajstić information content (AvgIpc) is 3.11. The highest BCUT2D eigenvalue weighted by Gasteiger charge is 2.42. The molecule has 1 unspecified atom stereocenters. The largest absolute Gasteiger partial charge is 0.355 e. The molecule has 1 atom stereocenters. The van der Waals surface area contributed by atoms with E-state index < -0.39 is 0 Å². The first-order chi connectivity index (χ1) is 12.0. The molecule has 6 nitrogen and oxygen atoms in total. The van der Waals surface area contributed by atoms with Gasteiger partial charge in [-0.25, -0.2) is 0 Å². The van der Waals surface area contributed by atoms with E-state index in [1.54, 1.807) is 4.90 Å². The molecule has 1 heterocycles. The molecule has 6 heteroatoms. The second kappa shape index (κ2) is 9.41. The van der Waals surface area contributed by atoms with E-state index in [0.717, 1.165) is 44.7 Å². The zero-order valence-electron chi connectivity index (χ0n) is 16.6. The Morgan fingerprint density at radius 3 is 2.52 bits per heavy atom. The molecular weight excluding hydrogens is 314 g/mol. The van der Waals surface area contributed by atoms with Crippen LogP contribution in [0, 0.1) is 5.41 Å². The number of piperidine rings is 1. The van der Waals surface area contributed by atoms with Crippen molar-refractivity contribution >= 4 is 11.9 Å². The van der Waals surface area contributed by atoms with Gasteiger partial charge in [0, 0.05) is 40.3 Å². The monoisotopic (exact) mass is 351 g/mol. The quantitative estimate of drug-likeness (QED) is 0.565. The van der Waals surface area contributed by atoms with Crippen LogP contribution < -0.4 is 10.6 Å². The third kappa shape index (κ3) is 5.09. The summed E-state index contributed by atoms with van der Waals surface area (Å²) in [4.78, 5) is 21.3. The van der Waals surface area contributed by atoms with E-state index >= 15 is 0 Å². The van der Waals surface area contributed by atoms with Gasteiger partial charge in [0.15, 0.2) is 5.96 Å². The van der Waals surface area contributed by atoms with Gasteiger partial charge >= 0.3 is 0 Å². The van der Waals surface area contributed by atoms with Crippen LogP contribution in [0.3, 0.4) is 0 Å². The van der Waals surface area contributed by atoms with Gasteiger partial charge in [-0.05, 0) is 38.8 Å². The molecule has 1 saturated carbocycles. The number of carbonyl (C=O) groups is 1. The predicted octanol–water partition coefficient (Wildman–Crippen LogP) is 1.67. The summed E-state index contributed by atoms with van der Waals surface area (Å²) in [7, 11) is 5.53. The van der Waals surface area contributed by atoms with Gasteiger partial charge in [0.25, 0.3) is 0 Å². The maximum atomic E-state index is 12.7. The first-order valence-electron chi connectivity index (χ1n) is 9.93. The van der Waals surface area contributed by atoms with Crippen LogP contribution in [0.25, 0.3) is 0 Å². The molecule has 0 radical (unpaired) electrons. The summed E-state index contributed by atoms with van der Waals surface area (Å²) in [6.45, 7) is 6.14. The molecule has 1 aliphatic carbocycles. The van der Waals surface area contributed by atoms with E-state index in [2.05, 4.69) is 27.4 Å². The van der Waals surface area contributed by atoms with Crippen LogP contribution in [0.4, 0.5) is 0 Å². The van der Waals surface area contributed by atoms with Crippen molar-refractivity contribution in [3.05, 3.63) is 0 Å². The molecule has 0 aromatic heterocycles. The summed E-state index contributed by atoms with van der Waals surface area (Å²) in [5.74, 6) is 1.07. The number of hydrogen-bond donors (Lipinski definition) is 2. The molecule has 0 bridgehead atoms. The van der Waals surface area contributed by atoms with Crippen molar-refractivity contribution < 1.29 is 4.79 Å². The molecule has 0 aromatic rings. The Morgan fingerprint density at radius 2 is 1.92 bits per heavy atom. The van der Waals surface area contributed by atoms with Gasteiger partial charge in [0.1, 0.15) is 0 Å². The first kappa shape index (κ1) is 20.0. The van der Waals surface area contributed by atoms with Gasteiger partial charge in [-0.3, -0.25) is 14.7 Å². The molecular formula is C19H37N5O. The molecule has 1 saturated heterocycles. The summed E-state index contributed by atoms with van der Waals surface area (Å²) in [6.07, 6.45) is 8.10. The Balaban J connectivity index is 1.87. The van der Waals surface area contributed by atoms with Crippen LogP contribution in [0.15, 0.2) is 4.99 Å². The Hall–Kier alpha value is -1.30. The van der Waals surface area contributed by atoms with E-state index in [-0.39, 0.29) is 11.3 Å². The number of rotatable bonds is 6. The zero-order chi connectivity index (χ0) is 18.3. The topological polar surface area (TPSA) is 60.0 Å². The molecule has 2 N–H and O–H groups in total. The lowest BCUT2D eigenvalue weighted by atomic mass is 9.84. The highest BCUT2D eigenvalue weighted by molar-refractivity contribution is 5.85. The predicted molar refractivity (Wildman–Crippen MR) is 104 cm³/mol. The third-order valence-corrected chi connectivity index (χ3v) is 5.90. The first-order valence-corrected chi connectivity index (χ1v) is 9.93. The molecule has 2 rings (SSSR count). The highest BCUT2D eigenvalue weighted by Crippen LogP contribution is 2.38. The van der Waals surface area contributed by atoms with Crippen LogP contribution in [0.2, 0.25) is 0 Å². The minimum atomic E-state index is -0.262. The Morgan fingerprint density at radius 1 is 1.20 bits per heavy atom. The van der Waals surface area contributed by atoms with Crippen LogP contribution in [0.5, 0.6) is 0 Å². The Labute approximate surface area is 153 Å². The van der Waals surface area contributed by atoms with E-state index in [1.165, 1.54) is 25.8 Å². The fourth-order valence-electron chi connectivity index (χ4n) is 4.39. The maximum Gasteiger partial charge on any atom is 0.230 e. The lowest BCUT2D eigenvalue weighted by Crippen LogP contribution is -2.52. The Bertz CT molecular complexity index is 457. The number of aliphatic imine (C=N–C) groups is 1. The van der Waals surface area contributed by atoms with E-state index in [9.17, 15) is 4.79 Å².